The van der Waals surface area contributed by atoms with Gasteiger partial charge < -0.3 is 15.1 Å². The summed E-state index contributed by atoms with van der Waals surface area (Å²) >= 11 is 0. The Bertz CT molecular complexity index is 1110. The Morgan fingerprint density at radius 1 is 0.861 bits per heavy atom. The maximum absolute atomic E-state index is 10.6. The number of piperazine rings is 1. The van der Waals surface area contributed by atoms with E-state index >= 15 is 0 Å². The highest BCUT2D eigenvalue weighted by molar-refractivity contribution is 5.81. The predicted molar refractivity (Wildman–Crippen MR) is 113 cm³/mol. The molecule has 1 aromatic carbocycles. The first-order chi connectivity index (χ1) is 16.8. The van der Waals surface area contributed by atoms with Crippen LogP contribution in [0.4, 0.5) is 32.3 Å². The lowest BCUT2D eigenvalue weighted by Crippen LogP contribution is -2.46. The molecule has 196 valence electrons. The van der Waals surface area contributed by atoms with Gasteiger partial charge in [0.25, 0.3) is 0 Å². The third kappa shape index (κ3) is 8.68. The second-order valence-corrected chi connectivity index (χ2v) is 7.14. The number of benzene rings is 1. The summed E-state index contributed by atoms with van der Waals surface area (Å²) in [6, 6.07) is 10.1. The minimum absolute atomic E-state index is 0.828. The molecule has 0 spiro atoms. The summed E-state index contributed by atoms with van der Waals surface area (Å²) in [6.07, 6.45) is -6.57. The minimum atomic E-state index is -5.08. The fraction of sp³-hybridized carbons (Fsp3) is 0.350. The number of hydrogen-bond acceptors (Lipinski definition) is 7. The largest absolute Gasteiger partial charge is 0.490 e. The first kappa shape index (κ1) is 28.3. The van der Waals surface area contributed by atoms with Gasteiger partial charge in [0, 0.05) is 50.5 Å². The molecule has 0 atom stereocenters. The van der Waals surface area contributed by atoms with E-state index in [1.165, 1.54) is 11.1 Å². The summed E-state index contributed by atoms with van der Waals surface area (Å²) in [5, 5.41) is 23.0. The highest BCUT2D eigenvalue weighted by atomic mass is 19.4. The van der Waals surface area contributed by atoms with E-state index < -0.39 is 24.3 Å². The first-order valence-corrected chi connectivity index (χ1v) is 10.1. The van der Waals surface area contributed by atoms with Crippen molar-refractivity contribution in [2.24, 2.45) is 0 Å². The molecule has 36 heavy (non-hydrogen) atoms. The number of nitrogens with zero attached hydrogens (tertiary/aromatic N) is 5. The van der Waals surface area contributed by atoms with Crippen LogP contribution in [0.1, 0.15) is 5.69 Å². The van der Waals surface area contributed by atoms with Crippen molar-refractivity contribution >= 4 is 28.8 Å². The zero-order valence-electron chi connectivity index (χ0n) is 18.3. The summed E-state index contributed by atoms with van der Waals surface area (Å²) in [7, 11) is 0. The Morgan fingerprint density at radius 2 is 1.36 bits per heavy atom. The van der Waals surface area contributed by atoms with Gasteiger partial charge in [0.05, 0.1) is 11.2 Å². The van der Waals surface area contributed by atoms with E-state index in [0.717, 1.165) is 44.2 Å². The van der Waals surface area contributed by atoms with Gasteiger partial charge in [0.15, 0.2) is 0 Å². The van der Waals surface area contributed by atoms with Crippen LogP contribution in [-0.2, 0) is 16.1 Å². The molecule has 1 fully saturated rings. The molecule has 1 aliphatic heterocycles. The molecule has 0 saturated carbocycles. The second kappa shape index (κ2) is 12.1. The molecule has 0 aliphatic carbocycles. The third-order valence-corrected chi connectivity index (χ3v) is 4.61. The molecule has 3 heterocycles. The number of anilines is 1. The number of hydrogen-bond donors (Lipinski definition) is 3. The molecule has 1 saturated heterocycles. The maximum atomic E-state index is 10.6. The normalized spacial score (nSPS) is 14.3. The molecule has 0 bridgehead atoms. The lowest BCUT2D eigenvalue weighted by Gasteiger charge is -2.34. The molecule has 2 aromatic heterocycles. The van der Waals surface area contributed by atoms with Crippen molar-refractivity contribution < 1.29 is 46.1 Å². The van der Waals surface area contributed by atoms with Crippen molar-refractivity contribution in [2.75, 3.05) is 31.1 Å². The summed E-state index contributed by atoms with van der Waals surface area (Å²) in [5.74, 6) is -4.69. The van der Waals surface area contributed by atoms with Crippen LogP contribution in [0.25, 0.3) is 10.9 Å². The van der Waals surface area contributed by atoms with Gasteiger partial charge in [-0.05, 0) is 12.1 Å². The fourth-order valence-electron chi connectivity index (χ4n) is 2.92. The second-order valence-electron chi connectivity index (χ2n) is 7.14. The van der Waals surface area contributed by atoms with Crippen molar-refractivity contribution in [3.8, 4) is 0 Å². The zero-order valence-corrected chi connectivity index (χ0v) is 18.3. The van der Waals surface area contributed by atoms with E-state index in [1.54, 1.807) is 12.4 Å². The molecule has 1 aliphatic rings. The number of carboxylic acid groups (broad SMARTS) is 2. The lowest BCUT2D eigenvalue weighted by atomic mass is 10.2. The van der Waals surface area contributed by atoms with Gasteiger partial charge in [0.1, 0.15) is 0 Å². The monoisotopic (exact) mass is 522 g/mol. The molecule has 0 unspecified atom stereocenters. The summed E-state index contributed by atoms with van der Waals surface area (Å²) in [6.45, 7) is 4.83. The molecule has 3 aromatic rings. The van der Waals surface area contributed by atoms with E-state index in [9.17, 15) is 26.3 Å². The third-order valence-electron chi connectivity index (χ3n) is 4.61. The number of aliphatic carboxylic acids is 2. The van der Waals surface area contributed by atoms with Crippen molar-refractivity contribution in [3.05, 3.63) is 48.4 Å². The number of fused-ring (bicyclic) bond motifs is 1. The number of aromatic amines is 1. The Labute approximate surface area is 199 Å². The molecule has 3 N–H and O–H groups in total. The van der Waals surface area contributed by atoms with Crippen LogP contribution < -0.4 is 4.90 Å². The minimum Gasteiger partial charge on any atom is -0.475 e. The molecule has 10 nitrogen and oxygen atoms in total. The number of rotatable bonds is 3. The van der Waals surface area contributed by atoms with E-state index in [2.05, 4.69) is 42.1 Å². The Hall–Kier alpha value is -3.95. The molecule has 0 amide bonds. The number of halogens is 6. The summed E-state index contributed by atoms with van der Waals surface area (Å²) < 4.78 is 63.5. The average molecular weight is 522 g/mol. The van der Waals surface area contributed by atoms with Crippen LogP contribution >= 0.6 is 0 Å². The van der Waals surface area contributed by atoms with Crippen molar-refractivity contribution in [3.63, 3.8) is 0 Å². The molecular formula is C20H20F6N6O4. The van der Waals surface area contributed by atoms with Gasteiger partial charge in [-0.25, -0.2) is 19.6 Å². The lowest BCUT2D eigenvalue weighted by molar-refractivity contribution is -0.193. The topological polar surface area (TPSA) is 136 Å². The van der Waals surface area contributed by atoms with Crippen LogP contribution in [0.3, 0.4) is 0 Å². The van der Waals surface area contributed by atoms with Crippen LogP contribution in [0.5, 0.6) is 0 Å². The standard InChI is InChI=1S/C16H18N6.2C2HF3O2/c1-2-5-14-13(4-1)15(20-19-14)12-21-8-10-22(11-9-21)16-17-6-3-7-18-16;2*3-2(4,5)1(6)7/h1-7H,8-12H2,(H,19,20);2*(H,6,7). The van der Waals surface area contributed by atoms with Crippen LogP contribution in [0, 0.1) is 0 Å². The number of H-pyrrole nitrogens is 1. The maximum Gasteiger partial charge on any atom is 0.490 e. The van der Waals surface area contributed by atoms with Gasteiger partial charge >= 0.3 is 24.3 Å². The fourth-order valence-corrected chi connectivity index (χ4v) is 2.92. The Morgan fingerprint density at radius 3 is 1.86 bits per heavy atom. The number of carbonyl (C=O) groups is 2. The van der Waals surface area contributed by atoms with E-state index in [-0.39, 0.29) is 0 Å². The van der Waals surface area contributed by atoms with Gasteiger partial charge in [0.2, 0.25) is 5.95 Å². The molecular weight excluding hydrogens is 502 g/mol. The predicted octanol–water partition coefficient (Wildman–Crippen LogP) is 2.94. The van der Waals surface area contributed by atoms with Crippen molar-refractivity contribution in [2.45, 2.75) is 18.9 Å². The molecule has 16 heteroatoms. The zero-order chi connectivity index (χ0) is 26.9. The van der Waals surface area contributed by atoms with Gasteiger partial charge in [-0.2, -0.15) is 31.4 Å². The Kier molecular flexibility index (Phi) is 9.54. The van der Waals surface area contributed by atoms with Crippen LogP contribution in [0.15, 0.2) is 42.7 Å². The number of nitrogens with one attached hydrogen (secondary N) is 1. The highest BCUT2D eigenvalue weighted by Crippen LogP contribution is 2.18. The Balaban J connectivity index is 0.000000271. The van der Waals surface area contributed by atoms with Gasteiger partial charge in [-0.1, -0.05) is 18.2 Å². The summed E-state index contributed by atoms with van der Waals surface area (Å²) in [5.41, 5.74) is 2.23. The van der Waals surface area contributed by atoms with Crippen molar-refractivity contribution in [1.82, 2.24) is 25.1 Å². The quantitative estimate of drug-likeness (QED) is 0.444. The van der Waals surface area contributed by atoms with E-state index in [4.69, 9.17) is 19.8 Å². The van der Waals surface area contributed by atoms with Crippen LogP contribution in [0.2, 0.25) is 0 Å². The summed E-state index contributed by atoms with van der Waals surface area (Å²) in [4.78, 5) is 31.1. The van der Waals surface area contributed by atoms with Gasteiger partial charge in [-0.3, -0.25) is 10.00 Å². The number of alkyl halides is 6. The number of carboxylic acids is 2. The van der Waals surface area contributed by atoms with Crippen LogP contribution in [-0.4, -0.2) is 85.7 Å². The van der Waals surface area contributed by atoms with Crippen molar-refractivity contribution in [1.29, 1.82) is 0 Å². The molecule has 0 radical (unpaired) electrons. The first-order valence-electron chi connectivity index (χ1n) is 10.1. The number of para-hydroxylation sites is 1. The SMILES string of the molecule is O=C(O)C(F)(F)F.O=C(O)C(F)(F)F.c1cnc(N2CCN(Cc3[nH]nc4ccccc34)CC2)nc1. The smallest absolute Gasteiger partial charge is 0.475 e. The average Bonchev–Trinajstić information content (AvgIpc) is 3.22. The number of aromatic nitrogens is 4. The highest BCUT2D eigenvalue weighted by Gasteiger charge is 2.38. The van der Waals surface area contributed by atoms with E-state index in [1.807, 2.05) is 18.2 Å². The van der Waals surface area contributed by atoms with Gasteiger partial charge in [-0.15, -0.1) is 0 Å². The molecule has 4 rings (SSSR count). The van der Waals surface area contributed by atoms with E-state index in [0.29, 0.717) is 0 Å².